The van der Waals surface area contributed by atoms with Crippen LogP contribution in [0.1, 0.15) is 46.5 Å². The van der Waals surface area contributed by atoms with Gasteiger partial charge in [-0.25, -0.2) is 4.79 Å². The van der Waals surface area contributed by atoms with Crippen molar-refractivity contribution in [1.29, 1.82) is 0 Å². The molecule has 2 heterocycles. The summed E-state index contributed by atoms with van der Waals surface area (Å²) >= 11 is 0. The number of para-hydroxylation sites is 1. The van der Waals surface area contributed by atoms with Crippen LogP contribution < -0.4 is 10.6 Å². The van der Waals surface area contributed by atoms with E-state index in [9.17, 15) is 14.4 Å². The van der Waals surface area contributed by atoms with E-state index in [-0.39, 0.29) is 36.6 Å². The zero-order valence-electron chi connectivity index (χ0n) is 20.2. The quantitative estimate of drug-likeness (QED) is 0.466. The number of carbonyl (C=O) groups is 2. The molecule has 0 saturated carbocycles. The number of aryl methyl sites for hydroxylation is 1. The number of hydrogen-bond donors (Lipinski definition) is 0. The van der Waals surface area contributed by atoms with Gasteiger partial charge in [0.25, 0.3) is 0 Å². The lowest BCUT2D eigenvalue weighted by atomic mass is 9.85. The zero-order valence-corrected chi connectivity index (χ0v) is 21.0. The predicted molar refractivity (Wildman–Crippen MR) is 131 cm³/mol. The van der Waals surface area contributed by atoms with Gasteiger partial charge < -0.3 is 14.5 Å². The molecule has 0 atom stereocenters. The highest BCUT2D eigenvalue weighted by Crippen LogP contribution is 2.34. The molecule has 0 radical (unpaired) electrons. The van der Waals surface area contributed by atoms with Gasteiger partial charge >= 0.3 is 11.7 Å². The van der Waals surface area contributed by atoms with E-state index in [1.807, 2.05) is 49.1 Å². The molecule has 1 aliphatic heterocycles. The van der Waals surface area contributed by atoms with Crippen LogP contribution in [0.2, 0.25) is 0 Å². The Hall–Kier alpha value is -2.72. The van der Waals surface area contributed by atoms with Crippen molar-refractivity contribution in [1.82, 2.24) is 24.7 Å². The summed E-state index contributed by atoms with van der Waals surface area (Å²) in [5.41, 5.74) is -0.00924. The number of rotatable bonds is 10. The van der Waals surface area contributed by atoms with E-state index in [1.54, 1.807) is 6.92 Å². The largest absolute Gasteiger partial charge is 0.463 e. The van der Waals surface area contributed by atoms with E-state index >= 15 is 0 Å². The summed E-state index contributed by atoms with van der Waals surface area (Å²) in [6, 6.07) is 9.58. The number of aromatic nitrogens is 4. The second-order valence-corrected chi connectivity index (χ2v) is 8.30. The molecular formula is C23H35ClN6O4. The number of hydrogen-bond acceptors (Lipinski definition) is 7. The number of esters is 1. The number of benzene rings is 1. The van der Waals surface area contributed by atoms with Gasteiger partial charge in [0.05, 0.1) is 12.1 Å². The van der Waals surface area contributed by atoms with Crippen LogP contribution in [0.4, 0.5) is 5.69 Å². The normalized spacial score (nSPS) is 15.4. The van der Waals surface area contributed by atoms with Crippen molar-refractivity contribution < 1.29 is 14.3 Å². The number of carbonyl (C=O) groups excluding carboxylic acids is 2. The maximum Gasteiger partial charge on any atom is 0.363 e. The molecule has 1 amide bonds. The number of likely N-dealkylation sites (tertiary alicyclic amines) is 1. The SMILES string of the molecule is CCC(=O)OCC1(N(C(=O)CC)c2ccccc2)CCN(CCn2nnn(CC)c2=O)CC1.Cl. The molecule has 1 aromatic heterocycles. The van der Waals surface area contributed by atoms with Gasteiger partial charge in [-0.3, -0.25) is 9.59 Å². The van der Waals surface area contributed by atoms with Gasteiger partial charge in [-0.05, 0) is 42.3 Å². The first kappa shape index (κ1) is 27.5. The van der Waals surface area contributed by atoms with Crippen molar-refractivity contribution >= 4 is 30.0 Å². The van der Waals surface area contributed by atoms with Gasteiger partial charge in [-0.1, -0.05) is 32.0 Å². The van der Waals surface area contributed by atoms with Crippen LogP contribution >= 0.6 is 12.4 Å². The third kappa shape index (κ3) is 6.24. The second-order valence-electron chi connectivity index (χ2n) is 8.30. The van der Waals surface area contributed by atoms with Gasteiger partial charge in [0, 0.05) is 44.7 Å². The Morgan fingerprint density at radius 1 is 1.00 bits per heavy atom. The van der Waals surface area contributed by atoms with Crippen molar-refractivity contribution in [2.75, 3.05) is 31.1 Å². The Bertz CT molecular complexity index is 985. The van der Waals surface area contributed by atoms with Crippen molar-refractivity contribution in [3.8, 4) is 0 Å². The van der Waals surface area contributed by atoms with E-state index in [1.165, 1.54) is 9.36 Å². The number of nitrogens with zero attached hydrogens (tertiary/aromatic N) is 6. The van der Waals surface area contributed by atoms with Crippen molar-refractivity contribution in [3.63, 3.8) is 0 Å². The van der Waals surface area contributed by atoms with E-state index in [0.717, 1.165) is 5.69 Å². The molecule has 0 N–H and O–H groups in total. The number of tetrazole rings is 1. The lowest BCUT2D eigenvalue weighted by molar-refractivity contribution is -0.146. The van der Waals surface area contributed by atoms with Gasteiger partial charge in [0.15, 0.2) is 0 Å². The average Bonchev–Trinajstić information content (AvgIpc) is 3.22. The fourth-order valence-electron chi connectivity index (χ4n) is 4.24. The predicted octanol–water partition coefficient (Wildman–Crippen LogP) is 2.11. The van der Waals surface area contributed by atoms with Crippen molar-refractivity contribution in [3.05, 3.63) is 40.8 Å². The Labute approximate surface area is 206 Å². The molecular weight excluding hydrogens is 460 g/mol. The third-order valence-electron chi connectivity index (χ3n) is 6.24. The Balaban J connectivity index is 0.00000408. The smallest absolute Gasteiger partial charge is 0.363 e. The molecule has 1 aliphatic rings. The molecule has 1 fully saturated rings. The standard InChI is InChI=1S/C23H34N6O4.ClH/c1-4-20(30)29(19-10-8-7-9-11-19)23(18-33-21(31)5-2)12-14-26(15-13-23)16-17-28-22(32)27(6-3)24-25-28;/h7-11H,4-6,12-18H2,1-3H3;1H. The number of piperidine rings is 1. The molecule has 10 nitrogen and oxygen atoms in total. The highest BCUT2D eigenvalue weighted by atomic mass is 35.5. The monoisotopic (exact) mass is 494 g/mol. The molecule has 0 unspecified atom stereocenters. The molecule has 3 rings (SSSR count). The number of halogens is 1. The Morgan fingerprint density at radius 3 is 2.21 bits per heavy atom. The molecule has 34 heavy (non-hydrogen) atoms. The van der Waals surface area contributed by atoms with E-state index < -0.39 is 5.54 Å². The number of anilines is 1. The molecule has 1 aromatic carbocycles. The van der Waals surface area contributed by atoms with Crippen molar-refractivity contribution in [2.45, 2.75) is 65.1 Å². The second kappa shape index (κ2) is 12.7. The highest BCUT2D eigenvalue weighted by Gasteiger charge is 2.44. The Kier molecular flexibility index (Phi) is 10.2. The molecule has 0 spiro atoms. The van der Waals surface area contributed by atoms with E-state index in [4.69, 9.17) is 4.74 Å². The summed E-state index contributed by atoms with van der Waals surface area (Å²) in [7, 11) is 0. The maximum absolute atomic E-state index is 13.1. The summed E-state index contributed by atoms with van der Waals surface area (Å²) in [5.74, 6) is -0.267. The van der Waals surface area contributed by atoms with Crippen LogP contribution in [0.15, 0.2) is 35.1 Å². The minimum atomic E-state index is -0.613. The molecule has 0 aliphatic carbocycles. The first-order valence-electron chi connectivity index (χ1n) is 11.7. The lowest BCUT2D eigenvalue weighted by Crippen LogP contribution is -2.60. The van der Waals surface area contributed by atoms with Crippen LogP contribution in [0.25, 0.3) is 0 Å². The minimum Gasteiger partial charge on any atom is -0.463 e. The van der Waals surface area contributed by atoms with E-state index in [2.05, 4.69) is 15.3 Å². The minimum absolute atomic E-state index is 0. The van der Waals surface area contributed by atoms with Crippen LogP contribution in [0, 0.1) is 0 Å². The van der Waals surface area contributed by atoms with Crippen LogP contribution in [-0.2, 0) is 27.4 Å². The molecule has 11 heteroatoms. The van der Waals surface area contributed by atoms with Crippen LogP contribution in [-0.4, -0.2) is 68.3 Å². The lowest BCUT2D eigenvalue weighted by Gasteiger charge is -2.48. The van der Waals surface area contributed by atoms with Gasteiger partial charge in [-0.2, -0.15) is 9.36 Å². The van der Waals surface area contributed by atoms with Crippen molar-refractivity contribution in [2.24, 2.45) is 0 Å². The molecule has 188 valence electrons. The molecule has 1 saturated heterocycles. The fraction of sp³-hybridized carbons (Fsp3) is 0.609. The van der Waals surface area contributed by atoms with Gasteiger partial charge in [-0.15, -0.1) is 12.4 Å². The summed E-state index contributed by atoms with van der Waals surface area (Å²) in [6.07, 6.45) is 1.96. The van der Waals surface area contributed by atoms with Gasteiger partial charge in [0.2, 0.25) is 5.91 Å². The maximum atomic E-state index is 13.1. The number of amides is 1. The summed E-state index contributed by atoms with van der Waals surface area (Å²) in [5, 5.41) is 7.80. The summed E-state index contributed by atoms with van der Waals surface area (Å²) in [4.78, 5) is 41.4. The van der Waals surface area contributed by atoms with Crippen LogP contribution in [0.3, 0.4) is 0 Å². The average molecular weight is 495 g/mol. The third-order valence-corrected chi connectivity index (χ3v) is 6.24. The molecule has 2 aromatic rings. The zero-order chi connectivity index (χ0) is 23.8. The topological polar surface area (TPSA) is 103 Å². The van der Waals surface area contributed by atoms with Crippen LogP contribution in [0.5, 0.6) is 0 Å². The first-order valence-corrected chi connectivity index (χ1v) is 11.7. The highest BCUT2D eigenvalue weighted by molar-refractivity contribution is 5.94. The van der Waals surface area contributed by atoms with Gasteiger partial charge in [0.1, 0.15) is 6.61 Å². The summed E-state index contributed by atoms with van der Waals surface area (Å²) in [6.45, 7) is 8.64. The first-order chi connectivity index (χ1) is 15.9. The fourth-order valence-corrected chi connectivity index (χ4v) is 4.24. The van der Waals surface area contributed by atoms with E-state index in [0.29, 0.717) is 58.4 Å². The Morgan fingerprint density at radius 2 is 1.65 bits per heavy atom. The molecule has 0 bridgehead atoms. The summed E-state index contributed by atoms with van der Waals surface area (Å²) < 4.78 is 8.32. The number of ether oxygens (including phenoxy) is 1.